The summed E-state index contributed by atoms with van der Waals surface area (Å²) in [5.74, 6) is -0.965. The molecule has 9 heteroatoms. The Kier molecular flexibility index (Phi) is 5.80. The van der Waals surface area contributed by atoms with Gasteiger partial charge in [0.25, 0.3) is 0 Å². The molecule has 1 N–H and O–H groups in total. The highest BCUT2D eigenvalue weighted by Crippen LogP contribution is 2.48. The lowest BCUT2D eigenvalue weighted by Gasteiger charge is -2.45. The first-order chi connectivity index (χ1) is 12.9. The Labute approximate surface area is 179 Å². The van der Waals surface area contributed by atoms with Crippen LogP contribution in [-0.2, 0) is 0 Å². The summed E-state index contributed by atoms with van der Waals surface area (Å²) in [5.41, 5.74) is 3.59. The molecular weight excluding hydrogens is 350 g/mol. The molecule has 0 amide bonds. The number of nitrogens with one attached hydrogen (secondary N) is 1. The molecule has 1 aromatic rings. The Morgan fingerprint density at radius 1 is 0.643 bits per heavy atom. The second kappa shape index (κ2) is 7.56. The number of rotatable bonds is 3. The van der Waals surface area contributed by atoms with Gasteiger partial charge in [-0.1, -0.05) is 5.47 Å². The van der Waals surface area contributed by atoms with Crippen LogP contribution in [0.2, 0.25) is 0 Å². The van der Waals surface area contributed by atoms with Crippen LogP contribution in [-0.4, -0.2) is 73.7 Å². The van der Waals surface area contributed by atoms with Crippen molar-refractivity contribution in [3.05, 3.63) is 68.3 Å². The average Bonchev–Trinajstić information content (AvgIpc) is 2.64. The van der Waals surface area contributed by atoms with Crippen molar-refractivity contribution in [1.29, 1.82) is 0 Å². The molecular formula is C19H16B7NS. The highest BCUT2D eigenvalue weighted by molar-refractivity contribution is 8.32. The van der Waals surface area contributed by atoms with Crippen molar-refractivity contribution in [2.24, 2.45) is 11.8 Å². The number of anilines is 1. The van der Waals surface area contributed by atoms with Crippen LogP contribution in [0.3, 0.4) is 0 Å². The van der Waals surface area contributed by atoms with Gasteiger partial charge in [-0.05, 0) is 53.8 Å². The van der Waals surface area contributed by atoms with E-state index in [9.17, 15) is 0 Å². The second-order valence-electron chi connectivity index (χ2n) is 7.88. The number of allylic oxidation sites excluding steroid dienone is 7. The monoisotopic (exact) mass is 367 g/mol. The molecule has 1 aromatic carbocycles. The van der Waals surface area contributed by atoms with Gasteiger partial charge in [-0.3, -0.25) is 0 Å². The van der Waals surface area contributed by atoms with Crippen LogP contribution < -0.4 is 5.32 Å². The fourth-order valence-corrected chi connectivity index (χ4v) is 4.51. The molecule has 0 saturated heterocycles. The molecule has 0 saturated carbocycles. The van der Waals surface area contributed by atoms with Crippen LogP contribution in [0.25, 0.3) is 0 Å². The maximum atomic E-state index is 6.32. The van der Waals surface area contributed by atoms with Gasteiger partial charge in [0.1, 0.15) is 54.9 Å². The number of benzene rings is 1. The molecule has 0 heterocycles. The molecule has 0 spiro atoms. The third-order valence-electron chi connectivity index (χ3n) is 5.29. The predicted molar refractivity (Wildman–Crippen MR) is 129 cm³/mol. The zero-order valence-corrected chi connectivity index (χ0v) is 17.2. The highest BCUT2D eigenvalue weighted by atomic mass is 32.3. The van der Waals surface area contributed by atoms with Gasteiger partial charge in [0.15, 0.2) is 0 Å². The van der Waals surface area contributed by atoms with Gasteiger partial charge in [0.2, 0.25) is 0 Å². The summed E-state index contributed by atoms with van der Waals surface area (Å²) >= 11 is 0. The second-order valence-corrected chi connectivity index (χ2v) is 12.0. The van der Waals surface area contributed by atoms with E-state index in [2.05, 4.69) is 36.2 Å². The van der Waals surface area contributed by atoms with E-state index in [0.717, 1.165) is 5.69 Å². The quantitative estimate of drug-likeness (QED) is 0.799. The van der Waals surface area contributed by atoms with Crippen molar-refractivity contribution in [1.82, 2.24) is 0 Å². The minimum Gasteiger partial charge on any atom is -0.359 e. The Hall–Kier alpha value is -1.22. The van der Waals surface area contributed by atoms with Gasteiger partial charge in [0.05, 0.1) is 0 Å². The SMILES string of the molecule is [B]C1=C([B])C2C([B])=C([B])C([B])=C(Nc3ccc(S(C)(C)C)cc3)C2C([B])=C1[B]. The zero-order chi connectivity index (χ0) is 21.0. The summed E-state index contributed by atoms with van der Waals surface area (Å²) in [5, 5.41) is 3.35. The first-order valence-electron chi connectivity index (χ1n) is 8.76. The van der Waals surface area contributed by atoms with Gasteiger partial charge in [-0.2, -0.15) is 0 Å². The summed E-state index contributed by atoms with van der Waals surface area (Å²) in [7, 11) is 42.6. The molecule has 2 aliphatic rings. The minimum absolute atomic E-state index is 0.229. The van der Waals surface area contributed by atoms with E-state index in [1.54, 1.807) is 0 Å². The molecule has 1 nitrogen and oxygen atoms in total. The molecule has 0 aliphatic heterocycles. The number of hydrogen-bond donors (Lipinski definition) is 1. The van der Waals surface area contributed by atoms with Crippen molar-refractivity contribution in [2.45, 2.75) is 4.90 Å². The van der Waals surface area contributed by atoms with E-state index in [1.165, 1.54) is 4.90 Å². The fourth-order valence-electron chi connectivity index (χ4n) is 3.56. The van der Waals surface area contributed by atoms with Crippen molar-refractivity contribution >= 4 is 70.6 Å². The minimum atomic E-state index is -0.817. The molecule has 3 rings (SSSR count). The van der Waals surface area contributed by atoms with Gasteiger partial charge in [0, 0.05) is 17.3 Å². The highest BCUT2D eigenvalue weighted by Gasteiger charge is 2.37. The van der Waals surface area contributed by atoms with Crippen LogP contribution >= 0.6 is 10.0 Å². The summed E-state index contributed by atoms with van der Waals surface area (Å²) in [6.45, 7) is 0. The van der Waals surface area contributed by atoms with Crippen molar-refractivity contribution in [3.8, 4) is 0 Å². The topological polar surface area (TPSA) is 12.0 Å². The lowest BCUT2D eigenvalue weighted by atomic mass is 9.46. The Morgan fingerprint density at radius 3 is 1.54 bits per heavy atom. The van der Waals surface area contributed by atoms with Gasteiger partial charge < -0.3 is 5.32 Å². The van der Waals surface area contributed by atoms with E-state index in [1.807, 2.05) is 12.1 Å². The van der Waals surface area contributed by atoms with Gasteiger partial charge in [-0.15, -0.1) is 32.8 Å². The van der Waals surface area contributed by atoms with Crippen molar-refractivity contribution in [2.75, 3.05) is 24.1 Å². The number of fused-ring (bicyclic) bond motifs is 1. The fraction of sp³-hybridized carbons (Fsp3) is 0.263. The maximum absolute atomic E-state index is 6.32. The molecule has 28 heavy (non-hydrogen) atoms. The van der Waals surface area contributed by atoms with Crippen LogP contribution in [0.4, 0.5) is 5.69 Å². The van der Waals surface area contributed by atoms with Crippen LogP contribution in [0, 0.1) is 11.8 Å². The van der Waals surface area contributed by atoms with E-state index < -0.39 is 21.9 Å². The first-order valence-corrected chi connectivity index (χ1v) is 11.6. The number of hydrogen-bond acceptors (Lipinski definition) is 1. The largest absolute Gasteiger partial charge is 0.359 e. The molecule has 2 aliphatic carbocycles. The maximum Gasteiger partial charge on any atom is 0.115 e. The molecule has 0 aromatic heterocycles. The summed E-state index contributed by atoms with van der Waals surface area (Å²) in [6.07, 6.45) is 6.73. The lowest BCUT2D eigenvalue weighted by Crippen LogP contribution is -2.36. The van der Waals surface area contributed by atoms with Gasteiger partial charge in [-0.25, -0.2) is 10.0 Å². The molecule has 14 radical (unpaired) electrons. The van der Waals surface area contributed by atoms with E-state index in [-0.39, 0.29) is 16.4 Å². The Bertz CT molecular complexity index is 951. The van der Waals surface area contributed by atoms with E-state index >= 15 is 0 Å². The summed E-state index contributed by atoms with van der Waals surface area (Å²) < 4.78 is 0. The van der Waals surface area contributed by atoms with Gasteiger partial charge >= 0.3 is 0 Å². The van der Waals surface area contributed by atoms with E-state index in [4.69, 9.17) is 54.9 Å². The summed E-state index contributed by atoms with van der Waals surface area (Å²) in [4.78, 5) is 1.30. The molecule has 2 unspecified atom stereocenters. The molecule has 0 fully saturated rings. The average molecular weight is 366 g/mol. The van der Waals surface area contributed by atoms with Crippen LogP contribution in [0.1, 0.15) is 0 Å². The zero-order valence-electron chi connectivity index (χ0n) is 16.4. The lowest BCUT2D eigenvalue weighted by molar-refractivity contribution is 0.588. The summed E-state index contributed by atoms with van der Waals surface area (Å²) in [6, 6.07) is 8.20. The van der Waals surface area contributed by atoms with E-state index in [0.29, 0.717) is 27.6 Å². The third kappa shape index (κ3) is 3.56. The van der Waals surface area contributed by atoms with Crippen LogP contribution in [0.15, 0.2) is 73.2 Å². The smallest absolute Gasteiger partial charge is 0.115 e. The molecule has 124 valence electrons. The standard InChI is InChI=1S/C19H16B7NS/c1-28(2,3)9-6-4-8(5-7-9)27-19-11-10(13(21)17(25)18(19)26)12(20)15(23)16(24)14(11)22/h4-7,10-11,27H,1-3H3. The molecule has 0 bridgehead atoms. The van der Waals surface area contributed by atoms with Crippen LogP contribution in [0.5, 0.6) is 0 Å². The predicted octanol–water partition coefficient (Wildman–Crippen LogP) is 1.44. The molecule has 2 atom stereocenters. The Balaban J connectivity index is 2.07. The normalized spacial score (nSPS) is 23.8. The Morgan fingerprint density at radius 2 is 1.07 bits per heavy atom. The first kappa shape index (κ1) is 21.5. The third-order valence-corrected chi connectivity index (χ3v) is 6.98. The van der Waals surface area contributed by atoms with Crippen molar-refractivity contribution < 1.29 is 0 Å². The van der Waals surface area contributed by atoms with Crippen molar-refractivity contribution in [3.63, 3.8) is 0 Å².